The van der Waals surface area contributed by atoms with Crippen LogP contribution in [-0.2, 0) is 4.79 Å². The fraction of sp³-hybridized carbons (Fsp3) is 0.900. The fourth-order valence-electron chi connectivity index (χ4n) is 2.28. The van der Waals surface area contributed by atoms with Gasteiger partial charge in [-0.3, -0.25) is 0 Å². The van der Waals surface area contributed by atoms with Crippen LogP contribution in [0, 0.1) is 5.41 Å². The lowest BCUT2D eigenvalue weighted by molar-refractivity contribution is -0.155. The molecule has 1 atom stereocenters. The zero-order valence-corrected chi connectivity index (χ0v) is 8.41. The van der Waals surface area contributed by atoms with Crippen molar-refractivity contribution in [3.8, 4) is 0 Å². The van der Waals surface area contributed by atoms with Crippen molar-refractivity contribution in [2.45, 2.75) is 44.6 Å². The van der Waals surface area contributed by atoms with Gasteiger partial charge in [-0.1, -0.05) is 25.7 Å². The summed E-state index contributed by atoms with van der Waals surface area (Å²) >= 11 is 0. The molecule has 1 aliphatic rings. The quantitative estimate of drug-likeness (QED) is 0.588. The maximum absolute atomic E-state index is 10.8. The summed E-state index contributed by atoms with van der Waals surface area (Å²) in [4.78, 5) is 10.8. The summed E-state index contributed by atoms with van der Waals surface area (Å²) in [5.41, 5.74) is 5.04. The van der Waals surface area contributed by atoms with E-state index in [4.69, 9.17) is 10.8 Å². The van der Waals surface area contributed by atoms with Crippen molar-refractivity contribution in [1.82, 2.24) is 0 Å². The van der Waals surface area contributed by atoms with Crippen LogP contribution in [0.1, 0.15) is 38.5 Å². The van der Waals surface area contributed by atoms with Gasteiger partial charge in [-0.05, 0) is 12.8 Å². The van der Waals surface area contributed by atoms with Crippen molar-refractivity contribution in [2.24, 2.45) is 11.1 Å². The van der Waals surface area contributed by atoms with Crippen molar-refractivity contribution in [3.63, 3.8) is 0 Å². The van der Waals surface area contributed by atoms with Crippen LogP contribution >= 0.6 is 0 Å². The average Bonchev–Trinajstić information content (AvgIpc) is 2.42. The molecule has 4 N–H and O–H groups in total. The van der Waals surface area contributed by atoms with Crippen LogP contribution in [0.3, 0.4) is 0 Å². The summed E-state index contributed by atoms with van der Waals surface area (Å²) in [6.07, 6.45) is 4.35. The summed E-state index contributed by atoms with van der Waals surface area (Å²) in [6, 6.07) is 0. The molecule has 0 amide bonds. The molecule has 0 aromatic heterocycles. The highest BCUT2D eigenvalue weighted by atomic mass is 16.4. The molecule has 1 saturated carbocycles. The Balaban J connectivity index is 2.76. The van der Waals surface area contributed by atoms with Crippen molar-refractivity contribution < 1.29 is 15.0 Å². The van der Waals surface area contributed by atoms with E-state index in [9.17, 15) is 9.90 Å². The van der Waals surface area contributed by atoms with E-state index in [1.807, 2.05) is 0 Å². The predicted octanol–water partition coefficient (Wildman–Crippen LogP) is 0.731. The lowest BCUT2D eigenvalue weighted by atomic mass is 9.75. The fourth-order valence-corrected chi connectivity index (χ4v) is 2.28. The lowest BCUT2D eigenvalue weighted by Gasteiger charge is -2.33. The normalized spacial score (nSPS) is 23.9. The van der Waals surface area contributed by atoms with E-state index in [2.05, 4.69) is 0 Å². The summed E-state index contributed by atoms with van der Waals surface area (Å²) in [6.45, 7) is 0.264. The maximum Gasteiger partial charge on any atom is 0.333 e. The van der Waals surface area contributed by atoms with Gasteiger partial charge in [-0.15, -0.1) is 0 Å². The number of hydrogen-bond donors (Lipinski definition) is 3. The molecule has 14 heavy (non-hydrogen) atoms. The molecule has 1 rings (SSSR count). The molecule has 0 bridgehead atoms. The first-order valence-corrected chi connectivity index (χ1v) is 5.23. The van der Waals surface area contributed by atoms with Gasteiger partial charge in [0.25, 0.3) is 0 Å². The molecule has 0 aromatic rings. The van der Waals surface area contributed by atoms with Gasteiger partial charge in [-0.2, -0.15) is 0 Å². The van der Waals surface area contributed by atoms with E-state index in [1.54, 1.807) is 0 Å². The Morgan fingerprint density at radius 2 is 1.79 bits per heavy atom. The first-order chi connectivity index (χ1) is 6.62. The Kier molecular flexibility index (Phi) is 3.89. The van der Waals surface area contributed by atoms with Crippen LogP contribution in [0.25, 0.3) is 0 Å². The second kappa shape index (κ2) is 4.75. The second-order valence-corrected chi connectivity index (χ2v) is 4.22. The minimum absolute atomic E-state index is 0.264. The van der Waals surface area contributed by atoms with Crippen LogP contribution < -0.4 is 5.73 Å². The highest BCUT2D eigenvalue weighted by Gasteiger charge is 2.40. The molecule has 1 aliphatic carbocycles. The molecule has 0 heterocycles. The number of aliphatic hydroxyl groups excluding tert-OH is 1. The Morgan fingerprint density at radius 1 is 1.29 bits per heavy atom. The zero-order valence-electron chi connectivity index (χ0n) is 8.41. The summed E-state index contributed by atoms with van der Waals surface area (Å²) < 4.78 is 0. The van der Waals surface area contributed by atoms with Crippen LogP contribution in [0.15, 0.2) is 0 Å². The Bertz CT molecular complexity index is 198. The summed E-state index contributed by atoms with van der Waals surface area (Å²) in [5.74, 6) is -1.14. The highest BCUT2D eigenvalue weighted by Crippen LogP contribution is 2.37. The van der Waals surface area contributed by atoms with E-state index in [-0.39, 0.29) is 6.54 Å². The average molecular weight is 201 g/mol. The van der Waals surface area contributed by atoms with Crippen LogP contribution in [0.5, 0.6) is 0 Å². The predicted molar refractivity (Wildman–Crippen MR) is 52.8 cm³/mol. The smallest absolute Gasteiger partial charge is 0.333 e. The van der Waals surface area contributed by atoms with Crippen LogP contribution in [0.4, 0.5) is 0 Å². The van der Waals surface area contributed by atoms with Gasteiger partial charge in [0.1, 0.15) is 0 Å². The number of aliphatic hydroxyl groups is 1. The number of carboxylic acid groups (broad SMARTS) is 1. The molecular formula is C10H19NO3. The number of aliphatic carboxylic acids is 1. The molecule has 4 nitrogen and oxygen atoms in total. The SMILES string of the molecule is NCC1(C(O)C(=O)O)CCCCCC1. The largest absolute Gasteiger partial charge is 0.479 e. The molecule has 0 aliphatic heterocycles. The molecule has 0 radical (unpaired) electrons. The Labute approximate surface area is 84.1 Å². The van der Waals surface area contributed by atoms with Crippen LogP contribution in [0.2, 0.25) is 0 Å². The van der Waals surface area contributed by atoms with Crippen molar-refractivity contribution in [1.29, 1.82) is 0 Å². The van der Waals surface area contributed by atoms with Crippen molar-refractivity contribution >= 4 is 5.97 Å². The van der Waals surface area contributed by atoms with E-state index < -0.39 is 17.5 Å². The van der Waals surface area contributed by atoms with Gasteiger partial charge < -0.3 is 15.9 Å². The summed E-state index contributed by atoms with van der Waals surface area (Å²) in [5, 5.41) is 18.5. The third-order valence-corrected chi connectivity index (χ3v) is 3.32. The number of rotatable bonds is 3. The van der Waals surface area contributed by atoms with E-state index in [0.717, 1.165) is 38.5 Å². The highest BCUT2D eigenvalue weighted by molar-refractivity contribution is 5.73. The standard InChI is InChI=1S/C10H19NO3/c11-7-10(8(12)9(13)14)5-3-1-2-4-6-10/h8,12H,1-7,11H2,(H,13,14). The molecule has 0 spiro atoms. The number of hydrogen-bond acceptors (Lipinski definition) is 3. The molecule has 1 fully saturated rings. The number of carboxylic acids is 1. The van der Waals surface area contributed by atoms with E-state index in [1.165, 1.54) is 0 Å². The minimum Gasteiger partial charge on any atom is -0.479 e. The van der Waals surface area contributed by atoms with Gasteiger partial charge in [0.2, 0.25) is 0 Å². The van der Waals surface area contributed by atoms with Gasteiger partial charge in [0, 0.05) is 12.0 Å². The van der Waals surface area contributed by atoms with Crippen molar-refractivity contribution in [3.05, 3.63) is 0 Å². The number of carbonyl (C=O) groups is 1. The van der Waals surface area contributed by atoms with Gasteiger partial charge in [-0.25, -0.2) is 4.79 Å². The third-order valence-electron chi connectivity index (χ3n) is 3.32. The molecule has 1 unspecified atom stereocenters. The third kappa shape index (κ3) is 2.25. The minimum atomic E-state index is -1.30. The van der Waals surface area contributed by atoms with Crippen LogP contribution in [-0.4, -0.2) is 28.8 Å². The maximum atomic E-state index is 10.8. The topological polar surface area (TPSA) is 83.5 Å². The Hall–Kier alpha value is -0.610. The molecule has 82 valence electrons. The zero-order chi connectivity index (χ0) is 10.6. The molecule has 0 saturated heterocycles. The first kappa shape index (κ1) is 11.5. The second-order valence-electron chi connectivity index (χ2n) is 4.22. The number of nitrogens with two attached hydrogens (primary N) is 1. The van der Waals surface area contributed by atoms with Gasteiger partial charge in [0.05, 0.1) is 0 Å². The van der Waals surface area contributed by atoms with E-state index in [0.29, 0.717) is 0 Å². The first-order valence-electron chi connectivity index (χ1n) is 5.23. The lowest BCUT2D eigenvalue weighted by Crippen LogP contribution is -2.45. The van der Waals surface area contributed by atoms with Gasteiger partial charge in [0.15, 0.2) is 6.10 Å². The summed E-state index contributed by atoms with van der Waals surface area (Å²) in [7, 11) is 0. The Morgan fingerprint density at radius 3 is 2.14 bits per heavy atom. The van der Waals surface area contributed by atoms with Gasteiger partial charge >= 0.3 is 5.97 Å². The monoisotopic (exact) mass is 201 g/mol. The molecule has 4 heteroatoms. The molecular weight excluding hydrogens is 182 g/mol. The van der Waals surface area contributed by atoms with E-state index >= 15 is 0 Å². The molecule has 0 aromatic carbocycles. The van der Waals surface area contributed by atoms with Crippen molar-refractivity contribution in [2.75, 3.05) is 6.54 Å².